The van der Waals surface area contributed by atoms with Crippen molar-refractivity contribution in [3.8, 4) is 0 Å². The highest BCUT2D eigenvalue weighted by atomic mass is 35.5. The van der Waals surface area contributed by atoms with Crippen molar-refractivity contribution in [2.75, 3.05) is 13.1 Å². The zero-order chi connectivity index (χ0) is 21.9. The molecule has 1 saturated heterocycles. The van der Waals surface area contributed by atoms with E-state index in [2.05, 4.69) is 47.0 Å². The minimum atomic E-state index is 0.186. The minimum absolute atomic E-state index is 0.186. The van der Waals surface area contributed by atoms with E-state index in [9.17, 15) is 4.79 Å². The Labute approximate surface area is 193 Å². The van der Waals surface area contributed by atoms with Gasteiger partial charge < -0.3 is 9.47 Å². The van der Waals surface area contributed by atoms with Crippen molar-refractivity contribution in [1.82, 2.24) is 14.5 Å². The molecule has 4 aromatic rings. The van der Waals surface area contributed by atoms with Crippen LogP contribution in [0.4, 0.5) is 0 Å². The predicted octanol–water partition coefficient (Wildman–Crippen LogP) is 5.69. The Morgan fingerprint density at radius 3 is 2.31 bits per heavy atom. The molecule has 32 heavy (non-hydrogen) atoms. The zero-order valence-corrected chi connectivity index (χ0v) is 18.7. The van der Waals surface area contributed by atoms with E-state index in [4.69, 9.17) is 16.6 Å². The van der Waals surface area contributed by atoms with Gasteiger partial charge in [-0.25, -0.2) is 4.98 Å². The fourth-order valence-corrected chi connectivity index (χ4v) is 4.79. The van der Waals surface area contributed by atoms with Gasteiger partial charge >= 0.3 is 0 Å². The van der Waals surface area contributed by atoms with Crippen molar-refractivity contribution in [3.63, 3.8) is 0 Å². The maximum absolute atomic E-state index is 12.8. The highest BCUT2D eigenvalue weighted by Gasteiger charge is 2.26. The molecule has 0 bridgehead atoms. The molecule has 4 nitrogen and oxygen atoms in total. The lowest BCUT2D eigenvalue weighted by Gasteiger charge is -2.34. The van der Waals surface area contributed by atoms with Crippen LogP contribution in [0.25, 0.3) is 11.0 Å². The Kier molecular flexibility index (Phi) is 5.95. The summed E-state index contributed by atoms with van der Waals surface area (Å²) in [6, 6.07) is 26.8. The van der Waals surface area contributed by atoms with E-state index in [1.807, 2.05) is 41.3 Å². The number of fused-ring (bicyclic) bond motifs is 1. The molecule has 0 N–H and O–H groups in total. The van der Waals surface area contributed by atoms with E-state index in [1.54, 1.807) is 0 Å². The van der Waals surface area contributed by atoms with Gasteiger partial charge in [-0.3, -0.25) is 4.79 Å². The van der Waals surface area contributed by atoms with Crippen molar-refractivity contribution in [1.29, 1.82) is 0 Å². The van der Waals surface area contributed by atoms with Crippen molar-refractivity contribution >= 4 is 28.5 Å². The van der Waals surface area contributed by atoms with E-state index in [-0.39, 0.29) is 5.91 Å². The molecule has 0 radical (unpaired) electrons. The summed E-state index contributed by atoms with van der Waals surface area (Å²) in [5.74, 6) is 1.29. The number of rotatable bonds is 5. The van der Waals surface area contributed by atoms with Gasteiger partial charge in [0.05, 0.1) is 17.5 Å². The third-order valence-corrected chi connectivity index (χ3v) is 6.58. The van der Waals surface area contributed by atoms with Crippen molar-refractivity contribution in [3.05, 3.63) is 101 Å². The van der Waals surface area contributed by atoms with Crippen LogP contribution in [0.1, 0.15) is 35.8 Å². The second-order valence-corrected chi connectivity index (χ2v) is 8.90. The number of benzene rings is 3. The summed E-state index contributed by atoms with van der Waals surface area (Å²) >= 11 is 5.96. The van der Waals surface area contributed by atoms with Crippen LogP contribution < -0.4 is 0 Å². The molecule has 0 spiro atoms. The summed E-state index contributed by atoms with van der Waals surface area (Å²) in [5.41, 5.74) is 4.50. The molecule has 0 aliphatic carbocycles. The molecule has 1 fully saturated rings. The van der Waals surface area contributed by atoms with Crippen molar-refractivity contribution in [2.24, 2.45) is 0 Å². The number of carbonyl (C=O) groups is 1. The van der Waals surface area contributed by atoms with Crippen molar-refractivity contribution in [2.45, 2.75) is 31.7 Å². The maximum Gasteiger partial charge on any atom is 0.226 e. The molecule has 2 heterocycles. The normalized spacial score (nSPS) is 14.7. The van der Waals surface area contributed by atoms with Gasteiger partial charge in [0.1, 0.15) is 5.82 Å². The Morgan fingerprint density at radius 1 is 0.875 bits per heavy atom. The van der Waals surface area contributed by atoms with E-state index in [0.29, 0.717) is 17.5 Å². The van der Waals surface area contributed by atoms with Gasteiger partial charge in [-0.15, -0.1) is 0 Å². The summed E-state index contributed by atoms with van der Waals surface area (Å²) in [4.78, 5) is 19.8. The monoisotopic (exact) mass is 443 g/mol. The van der Waals surface area contributed by atoms with E-state index >= 15 is 0 Å². The van der Waals surface area contributed by atoms with Crippen LogP contribution in [0.2, 0.25) is 5.02 Å². The van der Waals surface area contributed by atoms with Gasteiger partial charge in [0.15, 0.2) is 0 Å². The molecule has 5 rings (SSSR count). The SMILES string of the molecule is O=C(Cc1ccc(Cl)cc1)N1CCC(n2c(Cc3ccccc3)nc3ccccc32)CC1. The van der Waals surface area contributed by atoms with Gasteiger partial charge in [-0.05, 0) is 48.2 Å². The first-order chi connectivity index (χ1) is 15.7. The highest BCUT2D eigenvalue weighted by Crippen LogP contribution is 2.30. The first-order valence-corrected chi connectivity index (χ1v) is 11.6. The predicted molar refractivity (Wildman–Crippen MR) is 129 cm³/mol. The number of piperidine rings is 1. The Balaban J connectivity index is 1.32. The summed E-state index contributed by atoms with van der Waals surface area (Å²) in [6.45, 7) is 1.54. The lowest BCUT2D eigenvalue weighted by Crippen LogP contribution is -2.40. The van der Waals surface area contributed by atoms with Crippen molar-refractivity contribution < 1.29 is 4.79 Å². The second kappa shape index (κ2) is 9.17. The van der Waals surface area contributed by atoms with Gasteiger partial charge in [0.25, 0.3) is 0 Å². The summed E-state index contributed by atoms with van der Waals surface area (Å²) in [7, 11) is 0. The standard InChI is InChI=1S/C27H26ClN3O/c28-22-12-10-21(11-13-22)19-27(32)30-16-14-23(15-17-30)31-25-9-5-4-8-24(25)29-26(31)18-20-6-2-1-3-7-20/h1-13,23H,14-19H2. The number of hydrogen-bond acceptors (Lipinski definition) is 2. The van der Waals surface area contributed by atoms with E-state index in [0.717, 1.165) is 49.3 Å². The minimum Gasteiger partial charge on any atom is -0.342 e. The molecular formula is C27H26ClN3O. The molecule has 1 amide bonds. The van der Waals surface area contributed by atoms with E-state index in [1.165, 1.54) is 11.1 Å². The Bertz CT molecular complexity index is 1210. The first-order valence-electron chi connectivity index (χ1n) is 11.2. The number of carbonyl (C=O) groups excluding carboxylic acids is 1. The van der Waals surface area contributed by atoms with Gasteiger partial charge in [-0.2, -0.15) is 0 Å². The molecule has 1 aromatic heterocycles. The average molecular weight is 444 g/mol. The number of imidazole rings is 1. The first kappa shape index (κ1) is 20.8. The third-order valence-electron chi connectivity index (χ3n) is 6.32. The Hall–Kier alpha value is -3.11. The molecule has 3 aromatic carbocycles. The Morgan fingerprint density at radius 2 is 1.56 bits per heavy atom. The molecule has 0 saturated carbocycles. The van der Waals surface area contributed by atoms with Crippen LogP contribution in [0, 0.1) is 0 Å². The lowest BCUT2D eigenvalue weighted by atomic mass is 10.0. The number of para-hydroxylation sites is 2. The molecule has 5 heteroatoms. The van der Waals surface area contributed by atoms with Crippen LogP contribution >= 0.6 is 11.6 Å². The van der Waals surface area contributed by atoms with Crippen LogP contribution in [0.3, 0.4) is 0 Å². The zero-order valence-electron chi connectivity index (χ0n) is 18.0. The molecule has 1 aliphatic heterocycles. The van der Waals surface area contributed by atoms with Crippen LogP contribution in [0.5, 0.6) is 0 Å². The number of amides is 1. The average Bonchev–Trinajstić information content (AvgIpc) is 3.19. The fourth-order valence-electron chi connectivity index (χ4n) is 4.67. The maximum atomic E-state index is 12.8. The quantitative estimate of drug-likeness (QED) is 0.397. The van der Waals surface area contributed by atoms with Gasteiger partial charge in [0, 0.05) is 30.6 Å². The smallest absolute Gasteiger partial charge is 0.226 e. The fraction of sp³-hybridized carbons (Fsp3) is 0.259. The topological polar surface area (TPSA) is 38.1 Å². The van der Waals surface area contributed by atoms with E-state index < -0.39 is 0 Å². The number of hydrogen-bond donors (Lipinski definition) is 0. The van der Waals surface area contributed by atoms with Gasteiger partial charge in [-0.1, -0.05) is 66.2 Å². The van der Waals surface area contributed by atoms with Crippen LogP contribution in [-0.4, -0.2) is 33.4 Å². The molecule has 162 valence electrons. The number of likely N-dealkylation sites (tertiary alicyclic amines) is 1. The van der Waals surface area contributed by atoms with Crippen LogP contribution in [-0.2, 0) is 17.6 Å². The second-order valence-electron chi connectivity index (χ2n) is 8.46. The van der Waals surface area contributed by atoms with Crippen LogP contribution in [0.15, 0.2) is 78.9 Å². The lowest BCUT2D eigenvalue weighted by molar-refractivity contribution is -0.131. The molecule has 1 aliphatic rings. The summed E-state index contributed by atoms with van der Waals surface area (Å²) in [5, 5.41) is 0.695. The third kappa shape index (κ3) is 4.42. The summed E-state index contributed by atoms with van der Waals surface area (Å²) < 4.78 is 2.42. The summed E-state index contributed by atoms with van der Waals surface area (Å²) in [6.07, 6.45) is 3.11. The molecule has 0 atom stereocenters. The van der Waals surface area contributed by atoms with Gasteiger partial charge in [0.2, 0.25) is 5.91 Å². The number of nitrogens with zero attached hydrogens (tertiary/aromatic N) is 3. The largest absolute Gasteiger partial charge is 0.342 e. The number of halogens is 1. The number of aromatic nitrogens is 2. The highest BCUT2D eigenvalue weighted by molar-refractivity contribution is 6.30. The molecule has 0 unspecified atom stereocenters. The molecular weight excluding hydrogens is 418 g/mol.